The van der Waals surface area contributed by atoms with Crippen LogP contribution in [0.5, 0.6) is 11.5 Å². The SMILES string of the molecule is CC(=O)C1(O)C=CC2C3Cc4ccc(O)c5c4C2(CCN3C)C1O5. The van der Waals surface area contributed by atoms with Gasteiger partial charge in [0.1, 0.15) is 6.10 Å². The molecule has 1 spiro atoms. The Kier molecular flexibility index (Phi) is 2.54. The molecule has 0 radical (unpaired) electrons. The average Bonchev–Trinajstić information content (AvgIpc) is 2.91. The van der Waals surface area contributed by atoms with Gasteiger partial charge in [0.25, 0.3) is 0 Å². The molecule has 1 aromatic carbocycles. The number of hydrogen-bond donors (Lipinski definition) is 2. The minimum atomic E-state index is -1.64. The summed E-state index contributed by atoms with van der Waals surface area (Å²) in [4.78, 5) is 14.6. The van der Waals surface area contributed by atoms with E-state index >= 15 is 0 Å². The Balaban J connectivity index is 1.84. The van der Waals surface area contributed by atoms with Crippen LogP contribution in [-0.4, -0.2) is 52.2 Å². The lowest BCUT2D eigenvalue weighted by molar-refractivity contribution is -0.148. The van der Waals surface area contributed by atoms with Crippen molar-refractivity contribution in [2.45, 2.75) is 42.9 Å². The Morgan fingerprint density at radius 2 is 2.21 bits per heavy atom. The van der Waals surface area contributed by atoms with Crippen molar-refractivity contribution in [3.05, 3.63) is 35.4 Å². The second-order valence-electron chi connectivity index (χ2n) is 7.75. The number of likely N-dealkylation sites (N-methyl/N-ethyl adjacent to an activating group) is 1. The van der Waals surface area contributed by atoms with Gasteiger partial charge in [-0.3, -0.25) is 4.79 Å². The van der Waals surface area contributed by atoms with Crippen LogP contribution >= 0.6 is 0 Å². The zero-order chi connectivity index (χ0) is 16.9. The molecule has 1 fully saturated rings. The predicted octanol–water partition coefficient (Wildman–Crippen LogP) is 1.16. The number of Topliss-reactive ketones (excluding diaryl/α,β-unsaturated/α-hetero) is 1. The summed E-state index contributed by atoms with van der Waals surface area (Å²) in [5.74, 6) is 0.427. The lowest BCUT2D eigenvalue weighted by Crippen LogP contribution is -2.69. The van der Waals surface area contributed by atoms with Gasteiger partial charge in [-0.15, -0.1) is 0 Å². The largest absolute Gasteiger partial charge is 0.504 e. The van der Waals surface area contributed by atoms with Crippen molar-refractivity contribution in [1.29, 1.82) is 0 Å². The molecule has 5 rings (SSSR count). The van der Waals surface area contributed by atoms with Crippen molar-refractivity contribution < 1.29 is 19.7 Å². The highest BCUT2D eigenvalue weighted by molar-refractivity contribution is 5.89. The number of likely N-dealkylation sites (tertiary alicyclic amines) is 1. The molecule has 4 aliphatic rings. The second kappa shape index (κ2) is 4.21. The van der Waals surface area contributed by atoms with Gasteiger partial charge in [-0.05, 0) is 51.1 Å². The standard InChI is InChI=1S/C19H21NO4/c1-10(21)19(23)6-5-12-13-9-11-3-4-14(22)16-15(11)18(12,17(19)24-16)7-8-20(13)2/h3-6,12-13,17,22-23H,7-9H2,1-2H3. The molecule has 1 saturated heterocycles. The number of phenols is 1. The van der Waals surface area contributed by atoms with E-state index in [1.54, 1.807) is 12.1 Å². The van der Waals surface area contributed by atoms with Gasteiger partial charge in [0.2, 0.25) is 0 Å². The van der Waals surface area contributed by atoms with Crippen LogP contribution in [0.4, 0.5) is 0 Å². The molecule has 5 nitrogen and oxygen atoms in total. The van der Waals surface area contributed by atoms with Gasteiger partial charge in [-0.2, -0.15) is 0 Å². The van der Waals surface area contributed by atoms with E-state index in [0.717, 1.165) is 24.9 Å². The first-order valence-corrected chi connectivity index (χ1v) is 8.54. The van der Waals surface area contributed by atoms with E-state index < -0.39 is 17.1 Å². The summed E-state index contributed by atoms with van der Waals surface area (Å²) in [7, 11) is 2.13. The van der Waals surface area contributed by atoms with Gasteiger partial charge in [-0.25, -0.2) is 0 Å². The number of hydrogen-bond acceptors (Lipinski definition) is 5. The minimum Gasteiger partial charge on any atom is -0.504 e. The lowest BCUT2D eigenvalue weighted by Gasteiger charge is -2.58. The maximum absolute atomic E-state index is 12.3. The lowest BCUT2D eigenvalue weighted by atomic mass is 9.51. The quantitative estimate of drug-likeness (QED) is 0.758. The van der Waals surface area contributed by atoms with Crippen LogP contribution in [0, 0.1) is 5.92 Å². The maximum Gasteiger partial charge on any atom is 0.178 e. The van der Waals surface area contributed by atoms with Crippen molar-refractivity contribution in [3.63, 3.8) is 0 Å². The van der Waals surface area contributed by atoms with Crippen LogP contribution in [0.3, 0.4) is 0 Å². The summed E-state index contributed by atoms with van der Waals surface area (Å²) in [6.07, 6.45) is 4.67. The first-order valence-electron chi connectivity index (χ1n) is 8.54. The highest BCUT2D eigenvalue weighted by atomic mass is 16.5. The van der Waals surface area contributed by atoms with E-state index in [4.69, 9.17) is 4.74 Å². The molecule has 5 atom stereocenters. The zero-order valence-corrected chi connectivity index (χ0v) is 13.8. The van der Waals surface area contributed by atoms with E-state index in [2.05, 4.69) is 11.9 Å². The number of nitrogens with zero attached hydrogens (tertiary/aromatic N) is 1. The molecule has 0 amide bonds. The molecule has 126 valence electrons. The van der Waals surface area contributed by atoms with E-state index in [-0.39, 0.29) is 17.5 Å². The summed E-state index contributed by atoms with van der Waals surface area (Å²) in [6.45, 7) is 2.29. The Labute approximate surface area is 140 Å². The number of aromatic hydroxyl groups is 1. The van der Waals surface area contributed by atoms with Gasteiger partial charge in [-0.1, -0.05) is 12.1 Å². The first kappa shape index (κ1) is 14.5. The molecule has 5 unspecified atom stereocenters. The highest BCUT2D eigenvalue weighted by Gasteiger charge is 2.68. The fourth-order valence-electron chi connectivity index (χ4n) is 5.61. The third-order valence-corrected chi connectivity index (χ3v) is 6.80. The monoisotopic (exact) mass is 327 g/mol. The molecule has 0 saturated carbocycles. The molecule has 1 aromatic rings. The van der Waals surface area contributed by atoms with Crippen LogP contribution in [0.1, 0.15) is 24.5 Å². The van der Waals surface area contributed by atoms with Gasteiger partial charge in [0, 0.05) is 22.9 Å². The van der Waals surface area contributed by atoms with Crippen LogP contribution < -0.4 is 4.74 Å². The maximum atomic E-state index is 12.3. The normalized spacial score (nSPS) is 41.7. The summed E-state index contributed by atoms with van der Waals surface area (Å²) in [6, 6.07) is 3.95. The molecule has 2 heterocycles. The van der Waals surface area contributed by atoms with E-state index in [1.807, 2.05) is 12.1 Å². The fourth-order valence-corrected chi connectivity index (χ4v) is 5.61. The summed E-state index contributed by atoms with van der Waals surface area (Å²) >= 11 is 0. The average molecular weight is 327 g/mol. The Morgan fingerprint density at radius 3 is 2.96 bits per heavy atom. The molecule has 2 aliphatic carbocycles. The molecule has 0 aromatic heterocycles. The Morgan fingerprint density at radius 1 is 1.42 bits per heavy atom. The zero-order valence-electron chi connectivity index (χ0n) is 13.8. The number of phenolic OH excluding ortho intramolecular Hbond substituents is 1. The van der Waals surface area contributed by atoms with Crippen molar-refractivity contribution in [2.75, 3.05) is 13.6 Å². The van der Waals surface area contributed by atoms with Crippen molar-refractivity contribution in [1.82, 2.24) is 4.90 Å². The van der Waals surface area contributed by atoms with Crippen LogP contribution in [-0.2, 0) is 16.6 Å². The summed E-state index contributed by atoms with van der Waals surface area (Å²) in [5, 5.41) is 21.5. The van der Waals surface area contributed by atoms with Gasteiger partial charge >= 0.3 is 0 Å². The second-order valence-corrected chi connectivity index (χ2v) is 7.75. The number of aliphatic hydroxyl groups is 1. The molecular weight excluding hydrogens is 306 g/mol. The molecule has 2 bridgehead atoms. The highest BCUT2D eigenvalue weighted by Crippen LogP contribution is 2.63. The van der Waals surface area contributed by atoms with E-state index in [9.17, 15) is 15.0 Å². The predicted molar refractivity (Wildman–Crippen MR) is 87.2 cm³/mol. The van der Waals surface area contributed by atoms with E-state index in [0.29, 0.717) is 11.8 Å². The Bertz CT molecular complexity index is 803. The number of benzene rings is 1. The third-order valence-electron chi connectivity index (χ3n) is 6.80. The Hall–Kier alpha value is -1.85. The smallest absolute Gasteiger partial charge is 0.178 e. The van der Waals surface area contributed by atoms with Gasteiger partial charge in [0.05, 0.1) is 0 Å². The van der Waals surface area contributed by atoms with Crippen molar-refractivity contribution in [2.24, 2.45) is 5.92 Å². The van der Waals surface area contributed by atoms with Crippen molar-refractivity contribution >= 4 is 5.78 Å². The summed E-state index contributed by atoms with van der Waals surface area (Å²) in [5.41, 5.74) is 0.107. The van der Waals surface area contributed by atoms with Gasteiger partial charge < -0.3 is 19.8 Å². The molecule has 24 heavy (non-hydrogen) atoms. The molecule has 2 aliphatic heterocycles. The number of carbonyl (C=O) groups excluding carboxylic acids is 1. The third kappa shape index (κ3) is 1.38. The molecular formula is C19H21NO4. The topological polar surface area (TPSA) is 70.0 Å². The number of ether oxygens (including phenoxy) is 1. The van der Waals surface area contributed by atoms with Crippen LogP contribution in [0.15, 0.2) is 24.3 Å². The van der Waals surface area contributed by atoms with E-state index in [1.165, 1.54) is 12.5 Å². The van der Waals surface area contributed by atoms with Crippen LogP contribution in [0.2, 0.25) is 0 Å². The van der Waals surface area contributed by atoms with Crippen LogP contribution in [0.25, 0.3) is 0 Å². The first-order chi connectivity index (χ1) is 11.4. The van der Waals surface area contributed by atoms with Gasteiger partial charge in [0.15, 0.2) is 22.9 Å². The number of piperidine rings is 1. The number of ketones is 1. The summed E-state index contributed by atoms with van der Waals surface area (Å²) < 4.78 is 6.13. The fraction of sp³-hybridized carbons (Fsp3) is 0.526. The molecule has 2 N–H and O–H groups in total. The van der Waals surface area contributed by atoms with Crippen molar-refractivity contribution in [3.8, 4) is 11.5 Å². The number of carbonyl (C=O) groups is 1. The molecule has 5 heteroatoms. The minimum absolute atomic E-state index is 0.0968. The number of rotatable bonds is 1.